The second kappa shape index (κ2) is 17.6. The van der Waals surface area contributed by atoms with Gasteiger partial charge < -0.3 is 40.2 Å². The standard InChI is InChI=1S/C47H47N9O6/c1-27(2)40(53-46(59)60)44(57)56-26-28(23-48)20-39(56)43-50-25-37(52-43)35-18-17-33-21-32(15-16-34(33)22-35)29-11-13-30(14-12-29)36-24-49-42(51-36)38-10-7-19-55(38)45(58)41(54-47(61)62-3)31-8-5-4-6-9-31/h4-6,8-9,11-18,21-22,24-25,27-28,38-41,53H,7,10,19-20,26H2,1-3H3,(H,49,51)(H,50,52)(H,54,61)(H,59,60)/t28-,38-,39-,40-,41+/m0/s1. The summed E-state index contributed by atoms with van der Waals surface area (Å²) in [6, 6.07) is 29.5. The molecule has 4 aromatic carbocycles. The summed E-state index contributed by atoms with van der Waals surface area (Å²) in [4.78, 5) is 70.7. The fourth-order valence-corrected chi connectivity index (χ4v) is 8.59. The van der Waals surface area contributed by atoms with Gasteiger partial charge in [0.25, 0.3) is 5.91 Å². The molecule has 0 spiro atoms. The lowest BCUT2D eigenvalue weighted by Crippen LogP contribution is -2.50. The van der Waals surface area contributed by atoms with Crippen LogP contribution in [0.3, 0.4) is 0 Å². The molecule has 2 saturated heterocycles. The predicted molar refractivity (Wildman–Crippen MR) is 231 cm³/mol. The molecule has 5 atom stereocenters. The predicted octanol–water partition coefficient (Wildman–Crippen LogP) is 7.75. The molecule has 0 saturated carbocycles. The molecule has 0 unspecified atom stereocenters. The second-order valence-corrected chi connectivity index (χ2v) is 16.1. The van der Waals surface area contributed by atoms with Crippen LogP contribution in [0.5, 0.6) is 0 Å². The number of aromatic nitrogens is 4. The number of nitriles is 1. The Bertz CT molecular complexity index is 2650. The summed E-state index contributed by atoms with van der Waals surface area (Å²) in [5, 5.41) is 26.2. The molecule has 316 valence electrons. The molecule has 0 aliphatic carbocycles. The number of benzene rings is 4. The van der Waals surface area contributed by atoms with Crippen LogP contribution in [0.1, 0.15) is 68.4 Å². The van der Waals surface area contributed by atoms with E-state index in [-0.39, 0.29) is 30.3 Å². The monoisotopic (exact) mass is 833 g/mol. The van der Waals surface area contributed by atoms with Crippen molar-refractivity contribution < 1.29 is 29.0 Å². The lowest BCUT2D eigenvalue weighted by Gasteiger charge is -2.29. The zero-order valence-corrected chi connectivity index (χ0v) is 34.5. The van der Waals surface area contributed by atoms with Crippen LogP contribution in [0, 0.1) is 23.2 Å². The average Bonchev–Trinajstić information content (AvgIpc) is 4.14. The van der Waals surface area contributed by atoms with Crippen molar-refractivity contribution in [1.29, 1.82) is 5.26 Å². The summed E-state index contributed by atoms with van der Waals surface area (Å²) >= 11 is 0. The van der Waals surface area contributed by atoms with Gasteiger partial charge in [0.05, 0.1) is 55.0 Å². The van der Waals surface area contributed by atoms with Gasteiger partial charge in [0.2, 0.25) is 5.91 Å². The van der Waals surface area contributed by atoms with Crippen molar-refractivity contribution in [3.05, 3.63) is 121 Å². The van der Waals surface area contributed by atoms with Crippen molar-refractivity contribution >= 4 is 34.8 Å². The zero-order chi connectivity index (χ0) is 43.5. The van der Waals surface area contributed by atoms with Gasteiger partial charge in [0.1, 0.15) is 23.7 Å². The third kappa shape index (κ3) is 8.44. The summed E-state index contributed by atoms with van der Waals surface area (Å²) in [5.41, 5.74) is 6.22. The molecule has 6 aromatic rings. The van der Waals surface area contributed by atoms with Gasteiger partial charge in [-0.3, -0.25) is 9.59 Å². The number of imidazole rings is 2. The number of carbonyl (C=O) groups is 4. The number of hydrogen-bond acceptors (Lipinski definition) is 8. The number of hydrogen-bond donors (Lipinski definition) is 5. The largest absolute Gasteiger partial charge is 0.465 e. The Balaban J connectivity index is 0.956. The van der Waals surface area contributed by atoms with E-state index in [9.17, 15) is 29.5 Å². The van der Waals surface area contributed by atoms with Crippen molar-refractivity contribution in [2.75, 3.05) is 20.2 Å². The molecular weight excluding hydrogens is 787 g/mol. The summed E-state index contributed by atoms with van der Waals surface area (Å²) in [6.45, 7) is 4.30. The van der Waals surface area contributed by atoms with Crippen LogP contribution >= 0.6 is 0 Å². The first-order chi connectivity index (χ1) is 30.0. The topological polar surface area (TPSA) is 209 Å². The highest BCUT2D eigenvalue weighted by Gasteiger charge is 2.42. The first-order valence-electron chi connectivity index (χ1n) is 20.7. The highest BCUT2D eigenvalue weighted by Crippen LogP contribution is 2.37. The van der Waals surface area contributed by atoms with Crippen molar-refractivity contribution in [1.82, 2.24) is 40.4 Å². The molecule has 4 amide bonds. The van der Waals surface area contributed by atoms with Crippen molar-refractivity contribution in [2.45, 2.75) is 57.3 Å². The van der Waals surface area contributed by atoms with Crippen LogP contribution in [0.15, 0.2) is 103 Å². The van der Waals surface area contributed by atoms with E-state index in [1.54, 1.807) is 36.0 Å². The van der Waals surface area contributed by atoms with Crippen LogP contribution < -0.4 is 10.6 Å². The Hall–Kier alpha value is -7.47. The third-order valence-electron chi connectivity index (χ3n) is 11.8. The maximum atomic E-state index is 13.9. The van der Waals surface area contributed by atoms with Crippen molar-refractivity contribution in [3.8, 4) is 39.7 Å². The minimum atomic E-state index is -1.28. The van der Waals surface area contributed by atoms with Crippen LogP contribution in [0.25, 0.3) is 44.4 Å². The Kier molecular flexibility index (Phi) is 11.7. The van der Waals surface area contributed by atoms with E-state index in [2.05, 4.69) is 74.1 Å². The zero-order valence-electron chi connectivity index (χ0n) is 34.5. The number of ether oxygens (including phenoxy) is 1. The Morgan fingerprint density at radius 3 is 2.05 bits per heavy atom. The molecule has 8 rings (SSSR count). The molecule has 2 aliphatic rings. The molecule has 2 aromatic heterocycles. The van der Waals surface area contributed by atoms with E-state index in [1.807, 2.05) is 48.5 Å². The van der Waals surface area contributed by atoms with Gasteiger partial charge in [0, 0.05) is 18.7 Å². The lowest BCUT2D eigenvalue weighted by molar-refractivity contribution is -0.136. The van der Waals surface area contributed by atoms with Gasteiger partial charge in [-0.1, -0.05) is 92.7 Å². The fraction of sp³-hybridized carbons (Fsp3) is 0.298. The highest BCUT2D eigenvalue weighted by molar-refractivity contribution is 5.91. The number of nitrogens with zero attached hydrogens (tertiary/aromatic N) is 5. The van der Waals surface area contributed by atoms with Crippen LogP contribution in [0.2, 0.25) is 0 Å². The quantitative estimate of drug-likeness (QED) is 0.0863. The molecule has 15 heteroatoms. The maximum absolute atomic E-state index is 13.9. The number of likely N-dealkylation sites (tertiary alicyclic amines) is 2. The van der Waals surface area contributed by atoms with E-state index in [0.29, 0.717) is 30.2 Å². The van der Waals surface area contributed by atoms with E-state index >= 15 is 0 Å². The molecule has 0 radical (unpaired) electrons. The van der Waals surface area contributed by atoms with Gasteiger partial charge in [-0.25, -0.2) is 19.6 Å². The van der Waals surface area contributed by atoms with E-state index in [4.69, 9.17) is 9.72 Å². The minimum Gasteiger partial charge on any atom is -0.465 e. The molecule has 5 N–H and O–H groups in total. The normalized spacial score (nSPS) is 18.3. The number of nitrogens with one attached hydrogen (secondary N) is 4. The van der Waals surface area contributed by atoms with Gasteiger partial charge >= 0.3 is 12.2 Å². The minimum absolute atomic E-state index is 0.199. The first kappa shape index (κ1) is 41.3. The van der Waals surface area contributed by atoms with Gasteiger partial charge in [-0.2, -0.15) is 5.26 Å². The van der Waals surface area contributed by atoms with E-state index < -0.39 is 36.2 Å². The van der Waals surface area contributed by atoms with E-state index in [1.165, 1.54) is 7.11 Å². The number of aromatic amines is 2. The smallest absolute Gasteiger partial charge is 0.407 e. The highest BCUT2D eigenvalue weighted by atomic mass is 16.5. The van der Waals surface area contributed by atoms with Gasteiger partial charge in [0.15, 0.2) is 0 Å². The summed E-state index contributed by atoms with van der Waals surface area (Å²) < 4.78 is 4.83. The number of carboxylic acid groups (broad SMARTS) is 1. The number of rotatable bonds is 11. The van der Waals surface area contributed by atoms with Gasteiger partial charge in [-0.15, -0.1) is 0 Å². The fourth-order valence-electron chi connectivity index (χ4n) is 8.59. The second-order valence-electron chi connectivity index (χ2n) is 16.1. The summed E-state index contributed by atoms with van der Waals surface area (Å²) in [7, 11) is 1.27. The van der Waals surface area contributed by atoms with E-state index in [0.717, 1.165) is 57.3 Å². The number of amides is 4. The van der Waals surface area contributed by atoms with Gasteiger partial charge in [-0.05, 0) is 70.3 Å². The van der Waals surface area contributed by atoms with Crippen LogP contribution in [-0.4, -0.2) is 85.1 Å². The third-order valence-corrected chi connectivity index (χ3v) is 11.8. The maximum Gasteiger partial charge on any atom is 0.407 e. The Labute approximate surface area is 358 Å². The molecule has 2 fully saturated rings. The average molecular weight is 834 g/mol. The molecule has 62 heavy (non-hydrogen) atoms. The number of H-pyrrole nitrogens is 2. The Morgan fingerprint density at radius 2 is 1.40 bits per heavy atom. The molecule has 2 aliphatic heterocycles. The number of fused-ring (bicyclic) bond motifs is 1. The molecule has 0 bridgehead atoms. The summed E-state index contributed by atoms with van der Waals surface area (Å²) in [6.07, 6.45) is 3.50. The van der Waals surface area contributed by atoms with Crippen LogP contribution in [-0.2, 0) is 14.3 Å². The SMILES string of the molecule is COC(=O)N[C@@H](C(=O)N1CCC[C@H]1c1ncc(-c2ccc(-c3ccc4cc(-c5cnc([C@@H]6C[C@@H](C#N)CN6C(=O)[C@@H](NC(=O)O)C(C)C)[nH]5)ccc4c3)cc2)[nH]1)c1ccccc1. The number of carbonyl (C=O) groups excluding carboxylic acids is 3. The van der Waals surface area contributed by atoms with Crippen molar-refractivity contribution in [2.24, 2.45) is 11.8 Å². The lowest BCUT2D eigenvalue weighted by atomic mass is 9.98. The van der Waals surface area contributed by atoms with Crippen molar-refractivity contribution in [3.63, 3.8) is 0 Å². The summed E-state index contributed by atoms with van der Waals surface area (Å²) in [5.74, 6) is -0.0396. The molecule has 15 nitrogen and oxygen atoms in total. The Morgan fingerprint density at radius 1 is 0.790 bits per heavy atom. The molecular formula is C47H47N9O6. The number of alkyl carbamates (subject to hydrolysis) is 1. The molecule has 4 heterocycles. The number of methoxy groups -OCH3 is 1. The van der Waals surface area contributed by atoms with Crippen LogP contribution in [0.4, 0.5) is 9.59 Å². The first-order valence-corrected chi connectivity index (χ1v) is 20.7.